The van der Waals surface area contributed by atoms with Crippen molar-refractivity contribution < 1.29 is 9.53 Å². The minimum absolute atomic E-state index is 0.0640. The van der Waals surface area contributed by atoms with Crippen LogP contribution in [0.3, 0.4) is 0 Å². The molecule has 1 aromatic heterocycles. The second kappa shape index (κ2) is 8.67. The van der Waals surface area contributed by atoms with Gasteiger partial charge in [0.25, 0.3) is 5.91 Å². The second-order valence-electron chi connectivity index (χ2n) is 6.58. The Morgan fingerprint density at radius 3 is 2.68 bits per heavy atom. The average Bonchev–Trinajstić information content (AvgIpc) is 3.00. The molecule has 0 aliphatic rings. The maximum atomic E-state index is 12.8. The molecule has 7 heteroatoms. The highest BCUT2D eigenvalue weighted by Crippen LogP contribution is 2.32. The van der Waals surface area contributed by atoms with Gasteiger partial charge in [-0.25, -0.2) is 0 Å². The minimum atomic E-state index is -0.0640. The van der Waals surface area contributed by atoms with Crippen LogP contribution < -0.4 is 4.74 Å². The monoisotopic (exact) mass is 417 g/mol. The number of aromatic nitrogens is 2. The first-order valence-electron chi connectivity index (χ1n) is 8.75. The van der Waals surface area contributed by atoms with Crippen LogP contribution in [0.1, 0.15) is 27.2 Å². The molecule has 0 fully saturated rings. The highest BCUT2D eigenvalue weighted by Gasteiger charge is 2.15. The SMILES string of the molecule is Cc1c(CN(C)C(=O)c2cccc(COc3cccc(Cl)c3Cl)c2)cnn1C. The van der Waals surface area contributed by atoms with Crippen LogP contribution in [-0.2, 0) is 20.2 Å². The number of amides is 1. The van der Waals surface area contributed by atoms with Crippen molar-refractivity contribution in [3.63, 3.8) is 0 Å². The molecule has 0 radical (unpaired) electrons. The molecule has 0 saturated heterocycles. The number of ether oxygens (including phenoxy) is 1. The van der Waals surface area contributed by atoms with Crippen molar-refractivity contribution >= 4 is 29.1 Å². The summed E-state index contributed by atoms with van der Waals surface area (Å²) >= 11 is 12.2. The molecule has 0 N–H and O–H groups in total. The third kappa shape index (κ3) is 4.49. The first-order chi connectivity index (χ1) is 13.4. The summed E-state index contributed by atoms with van der Waals surface area (Å²) in [5, 5.41) is 5.04. The van der Waals surface area contributed by atoms with Gasteiger partial charge in [-0.05, 0) is 36.8 Å². The van der Waals surface area contributed by atoms with Gasteiger partial charge in [0, 0.05) is 37.5 Å². The summed E-state index contributed by atoms with van der Waals surface area (Å²) in [4.78, 5) is 14.5. The summed E-state index contributed by atoms with van der Waals surface area (Å²) in [6, 6.07) is 12.6. The minimum Gasteiger partial charge on any atom is -0.487 e. The smallest absolute Gasteiger partial charge is 0.253 e. The lowest BCUT2D eigenvalue weighted by Gasteiger charge is -2.17. The van der Waals surface area contributed by atoms with Crippen LogP contribution in [0.2, 0.25) is 10.0 Å². The topological polar surface area (TPSA) is 47.4 Å². The fraction of sp³-hybridized carbons (Fsp3) is 0.238. The molecule has 0 bridgehead atoms. The summed E-state index contributed by atoms with van der Waals surface area (Å²) in [5.41, 5.74) is 3.53. The Balaban J connectivity index is 1.69. The predicted molar refractivity (Wildman–Crippen MR) is 111 cm³/mol. The van der Waals surface area contributed by atoms with E-state index in [9.17, 15) is 4.79 Å². The van der Waals surface area contributed by atoms with E-state index in [4.69, 9.17) is 27.9 Å². The van der Waals surface area contributed by atoms with Crippen LogP contribution >= 0.6 is 23.2 Å². The number of aryl methyl sites for hydroxylation is 1. The third-order valence-electron chi connectivity index (χ3n) is 4.58. The highest BCUT2D eigenvalue weighted by molar-refractivity contribution is 6.42. The molecule has 0 spiro atoms. The van der Waals surface area contributed by atoms with Crippen LogP contribution in [0.15, 0.2) is 48.7 Å². The van der Waals surface area contributed by atoms with Crippen molar-refractivity contribution in [2.45, 2.75) is 20.1 Å². The van der Waals surface area contributed by atoms with Crippen LogP contribution in [0.25, 0.3) is 0 Å². The first kappa shape index (κ1) is 20.2. The molecule has 0 aliphatic heterocycles. The second-order valence-corrected chi connectivity index (χ2v) is 7.37. The number of carbonyl (C=O) groups is 1. The number of nitrogens with zero attached hydrogens (tertiary/aromatic N) is 3. The van der Waals surface area contributed by atoms with E-state index in [2.05, 4.69) is 5.10 Å². The molecule has 3 aromatic rings. The molecule has 0 saturated carbocycles. The van der Waals surface area contributed by atoms with Gasteiger partial charge >= 0.3 is 0 Å². The first-order valence-corrected chi connectivity index (χ1v) is 9.51. The zero-order valence-corrected chi connectivity index (χ0v) is 17.5. The molecule has 1 heterocycles. The number of halogens is 2. The fourth-order valence-electron chi connectivity index (χ4n) is 2.80. The largest absolute Gasteiger partial charge is 0.487 e. The molecule has 2 aromatic carbocycles. The van der Waals surface area contributed by atoms with Crippen LogP contribution in [0.4, 0.5) is 0 Å². The Kier molecular flexibility index (Phi) is 6.27. The quantitative estimate of drug-likeness (QED) is 0.573. The highest BCUT2D eigenvalue weighted by atomic mass is 35.5. The zero-order chi connectivity index (χ0) is 20.3. The number of rotatable bonds is 6. The van der Waals surface area contributed by atoms with E-state index in [0.29, 0.717) is 27.9 Å². The Labute approximate surface area is 174 Å². The van der Waals surface area contributed by atoms with Gasteiger partial charge in [0.05, 0.1) is 11.2 Å². The van der Waals surface area contributed by atoms with Gasteiger partial charge in [0.15, 0.2) is 0 Å². The molecular weight excluding hydrogens is 397 g/mol. The number of carbonyl (C=O) groups excluding carboxylic acids is 1. The van der Waals surface area contributed by atoms with Crippen LogP contribution in [0.5, 0.6) is 5.75 Å². The Hall–Kier alpha value is -2.50. The molecule has 28 heavy (non-hydrogen) atoms. The van der Waals surface area contributed by atoms with Crippen molar-refractivity contribution in [1.82, 2.24) is 14.7 Å². The van der Waals surface area contributed by atoms with Gasteiger partial charge in [-0.15, -0.1) is 0 Å². The summed E-state index contributed by atoms with van der Waals surface area (Å²) in [5.74, 6) is 0.445. The number of hydrogen-bond donors (Lipinski definition) is 0. The molecule has 0 atom stereocenters. The van der Waals surface area contributed by atoms with E-state index in [-0.39, 0.29) is 12.5 Å². The zero-order valence-electron chi connectivity index (χ0n) is 15.9. The Morgan fingerprint density at radius 2 is 1.96 bits per heavy atom. The van der Waals surface area contributed by atoms with Crippen LogP contribution in [-0.4, -0.2) is 27.6 Å². The standard InChI is InChI=1S/C21H21Cl2N3O2/c1-14-17(11-24-26(14)3)12-25(2)21(27)16-7-4-6-15(10-16)13-28-19-9-5-8-18(22)20(19)23/h4-11H,12-13H2,1-3H3. The summed E-state index contributed by atoms with van der Waals surface area (Å²) in [6.07, 6.45) is 1.79. The lowest BCUT2D eigenvalue weighted by molar-refractivity contribution is 0.0784. The van der Waals surface area contributed by atoms with Gasteiger partial charge in [-0.2, -0.15) is 5.10 Å². The van der Waals surface area contributed by atoms with E-state index in [0.717, 1.165) is 16.8 Å². The van der Waals surface area contributed by atoms with Crippen molar-refractivity contribution in [2.24, 2.45) is 7.05 Å². The molecule has 0 unspecified atom stereocenters. The molecular formula is C21H21Cl2N3O2. The molecule has 3 rings (SSSR count). The van der Waals surface area contributed by atoms with Crippen molar-refractivity contribution in [2.75, 3.05) is 7.05 Å². The van der Waals surface area contributed by atoms with Gasteiger partial charge in [0.1, 0.15) is 17.4 Å². The molecule has 0 aliphatic carbocycles. The normalized spacial score (nSPS) is 10.8. The van der Waals surface area contributed by atoms with Crippen molar-refractivity contribution in [3.8, 4) is 5.75 Å². The lowest BCUT2D eigenvalue weighted by atomic mass is 10.1. The van der Waals surface area contributed by atoms with Crippen molar-refractivity contribution in [1.29, 1.82) is 0 Å². The molecule has 1 amide bonds. The van der Waals surface area contributed by atoms with Gasteiger partial charge in [-0.3, -0.25) is 9.48 Å². The summed E-state index contributed by atoms with van der Waals surface area (Å²) in [7, 11) is 3.67. The maximum Gasteiger partial charge on any atom is 0.253 e. The lowest BCUT2D eigenvalue weighted by Crippen LogP contribution is -2.26. The van der Waals surface area contributed by atoms with Gasteiger partial charge in [0.2, 0.25) is 0 Å². The van der Waals surface area contributed by atoms with Crippen molar-refractivity contribution in [3.05, 3.63) is 81.1 Å². The van der Waals surface area contributed by atoms with Gasteiger partial charge < -0.3 is 9.64 Å². The molecule has 146 valence electrons. The van der Waals surface area contributed by atoms with E-state index < -0.39 is 0 Å². The van der Waals surface area contributed by atoms with E-state index >= 15 is 0 Å². The number of hydrogen-bond acceptors (Lipinski definition) is 3. The van der Waals surface area contributed by atoms with E-state index in [1.165, 1.54) is 0 Å². The average molecular weight is 418 g/mol. The Morgan fingerprint density at radius 1 is 1.21 bits per heavy atom. The third-order valence-corrected chi connectivity index (χ3v) is 5.38. The molecule has 5 nitrogen and oxygen atoms in total. The summed E-state index contributed by atoms with van der Waals surface area (Å²) < 4.78 is 7.56. The number of benzene rings is 2. The van der Waals surface area contributed by atoms with E-state index in [1.54, 1.807) is 47.1 Å². The van der Waals surface area contributed by atoms with E-state index in [1.807, 2.05) is 32.2 Å². The predicted octanol–water partition coefficient (Wildman–Crippen LogP) is 4.89. The maximum absolute atomic E-state index is 12.8. The Bertz CT molecular complexity index is 1000. The van der Waals surface area contributed by atoms with Gasteiger partial charge in [-0.1, -0.05) is 41.4 Å². The fourth-order valence-corrected chi connectivity index (χ4v) is 3.14. The summed E-state index contributed by atoms with van der Waals surface area (Å²) in [6.45, 7) is 2.77. The van der Waals surface area contributed by atoms with Crippen LogP contribution in [0, 0.1) is 6.92 Å².